The van der Waals surface area contributed by atoms with Crippen LogP contribution in [0, 0.1) is 0 Å². The molecule has 1 aliphatic heterocycles. The van der Waals surface area contributed by atoms with Gasteiger partial charge in [-0.05, 0) is 18.2 Å². The average Bonchev–Trinajstić information content (AvgIpc) is 3.14. The molecule has 7 nitrogen and oxygen atoms in total. The van der Waals surface area contributed by atoms with E-state index in [1.165, 1.54) is 12.0 Å². The maximum absolute atomic E-state index is 5.35. The molecule has 1 saturated heterocycles. The van der Waals surface area contributed by atoms with Crippen LogP contribution in [-0.4, -0.2) is 53.1 Å². The van der Waals surface area contributed by atoms with Crippen LogP contribution in [0.25, 0.3) is 10.9 Å². The largest absolute Gasteiger partial charge is 0.480 e. The molecule has 0 radical (unpaired) electrons. The summed E-state index contributed by atoms with van der Waals surface area (Å²) in [6, 6.07) is 6.24. The van der Waals surface area contributed by atoms with E-state index in [1.807, 2.05) is 6.07 Å². The molecule has 0 unspecified atom stereocenters. The molecule has 1 aliphatic rings. The number of methoxy groups -OCH3 is 1. The van der Waals surface area contributed by atoms with Crippen molar-refractivity contribution in [2.75, 3.05) is 38.2 Å². The number of hydrogen-bond acceptors (Lipinski definition) is 7. The first-order chi connectivity index (χ1) is 11.8. The van der Waals surface area contributed by atoms with Crippen molar-refractivity contribution in [2.45, 2.75) is 6.54 Å². The quantitative estimate of drug-likeness (QED) is 0.726. The minimum atomic E-state index is 0.615. The van der Waals surface area contributed by atoms with Crippen molar-refractivity contribution in [3.63, 3.8) is 0 Å². The van der Waals surface area contributed by atoms with E-state index >= 15 is 0 Å². The SMILES string of the molecule is COc1ncnc2ccc(N3CCN(Cc4ncco4)CC3)cc12. The van der Waals surface area contributed by atoms with E-state index in [0.717, 1.165) is 49.5 Å². The number of nitrogens with zero attached hydrogens (tertiary/aromatic N) is 5. The van der Waals surface area contributed by atoms with Crippen LogP contribution in [-0.2, 0) is 6.54 Å². The number of hydrogen-bond donors (Lipinski definition) is 0. The number of rotatable bonds is 4. The Balaban J connectivity index is 1.48. The van der Waals surface area contributed by atoms with Gasteiger partial charge >= 0.3 is 0 Å². The van der Waals surface area contributed by atoms with Crippen molar-refractivity contribution in [1.29, 1.82) is 0 Å². The van der Waals surface area contributed by atoms with Gasteiger partial charge in [0.05, 0.1) is 30.8 Å². The fourth-order valence-electron chi connectivity index (χ4n) is 3.07. The molecule has 0 aliphatic carbocycles. The molecule has 24 heavy (non-hydrogen) atoms. The smallest absolute Gasteiger partial charge is 0.224 e. The van der Waals surface area contributed by atoms with E-state index < -0.39 is 0 Å². The summed E-state index contributed by atoms with van der Waals surface area (Å²) in [7, 11) is 1.63. The van der Waals surface area contributed by atoms with Crippen LogP contribution in [0.4, 0.5) is 5.69 Å². The Labute approximate surface area is 139 Å². The van der Waals surface area contributed by atoms with E-state index in [4.69, 9.17) is 9.15 Å². The molecule has 7 heteroatoms. The van der Waals surface area contributed by atoms with Gasteiger partial charge in [0.2, 0.25) is 11.8 Å². The van der Waals surface area contributed by atoms with Gasteiger partial charge in [-0.1, -0.05) is 0 Å². The van der Waals surface area contributed by atoms with Gasteiger partial charge in [-0.15, -0.1) is 0 Å². The zero-order valence-corrected chi connectivity index (χ0v) is 13.6. The molecular formula is C17H19N5O2. The lowest BCUT2D eigenvalue weighted by molar-refractivity contribution is 0.226. The van der Waals surface area contributed by atoms with E-state index in [1.54, 1.807) is 19.6 Å². The van der Waals surface area contributed by atoms with E-state index in [2.05, 4.69) is 36.9 Å². The van der Waals surface area contributed by atoms with Gasteiger partial charge in [0, 0.05) is 31.9 Å². The van der Waals surface area contributed by atoms with Crippen LogP contribution in [0.3, 0.4) is 0 Å². The first kappa shape index (κ1) is 14.9. The van der Waals surface area contributed by atoms with E-state index in [9.17, 15) is 0 Å². The minimum absolute atomic E-state index is 0.615. The maximum atomic E-state index is 5.35. The molecule has 124 valence electrons. The lowest BCUT2D eigenvalue weighted by Gasteiger charge is -2.35. The third kappa shape index (κ3) is 2.90. The summed E-state index contributed by atoms with van der Waals surface area (Å²) in [5, 5.41) is 0.944. The van der Waals surface area contributed by atoms with Crippen LogP contribution < -0.4 is 9.64 Å². The first-order valence-electron chi connectivity index (χ1n) is 7.98. The van der Waals surface area contributed by atoms with Crippen molar-refractivity contribution in [3.8, 4) is 5.88 Å². The molecule has 1 fully saturated rings. The first-order valence-corrected chi connectivity index (χ1v) is 7.98. The van der Waals surface area contributed by atoms with E-state index in [0.29, 0.717) is 5.88 Å². The molecule has 3 heterocycles. The number of benzene rings is 1. The van der Waals surface area contributed by atoms with Crippen LogP contribution in [0.5, 0.6) is 5.88 Å². The zero-order chi connectivity index (χ0) is 16.4. The third-order valence-corrected chi connectivity index (χ3v) is 4.36. The Hall–Kier alpha value is -2.67. The van der Waals surface area contributed by atoms with Crippen molar-refractivity contribution in [3.05, 3.63) is 42.9 Å². The summed E-state index contributed by atoms with van der Waals surface area (Å²) in [5.74, 6) is 1.39. The average molecular weight is 325 g/mol. The predicted octanol–water partition coefficient (Wildman–Crippen LogP) is 1.95. The standard InChI is InChI=1S/C17H19N5O2/c1-23-17-14-10-13(2-3-15(14)19-12-20-17)22-7-5-21(6-8-22)11-16-18-4-9-24-16/h2-4,9-10,12H,5-8,11H2,1H3. The molecule has 0 atom stereocenters. The van der Waals surface area contributed by atoms with Gasteiger partial charge in [0.25, 0.3) is 0 Å². The monoisotopic (exact) mass is 325 g/mol. The molecule has 0 spiro atoms. The lowest BCUT2D eigenvalue weighted by Crippen LogP contribution is -2.46. The van der Waals surface area contributed by atoms with Crippen molar-refractivity contribution < 1.29 is 9.15 Å². The predicted molar refractivity (Wildman–Crippen MR) is 90.1 cm³/mol. The number of aromatic nitrogens is 3. The Morgan fingerprint density at radius 3 is 2.75 bits per heavy atom. The lowest BCUT2D eigenvalue weighted by atomic mass is 10.2. The molecule has 4 rings (SSSR count). The zero-order valence-electron chi connectivity index (χ0n) is 13.6. The highest BCUT2D eigenvalue weighted by Gasteiger charge is 2.19. The maximum Gasteiger partial charge on any atom is 0.224 e. The Morgan fingerprint density at radius 1 is 1.12 bits per heavy atom. The Bertz CT molecular complexity index is 813. The summed E-state index contributed by atoms with van der Waals surface area (Å²) in [4.78, 5) is 17.4. The van der Waals surface area contributed by atoms with Crippen molar-refractivity contribution in [1.82, 2.24) is 19.9 Å². The van der Waals surface area contributed by atoms with Gasteiger partial charge in [-0.3, -0.25) is 4.90 Å². The second-order valence-corrected chi connectivity index (χ2v) is 5.77. The summed E-state index contributed by atoms with van der Waals surface area (Å²) >= 11 is 0. The fourth-order valence-corrected chi connectivity index (χ4v) is 3.07. The van der Waals surface area contributed by atoms with Crippen LogP contribution in [0.15, 0.2) is 41.4 Å². The molecule has 0 amide bonds. The molecule has 2 aromatic heterocycles. The van der Waals surface area contributed by atoms with Gasteiger partial charge < -0.3 is 14.1 Å². The van der Waals surface area contributed by atoms with Gasteiger partial charge in [-0.2, -0.15) is 0 Å². The Morgan fingerprint density at radius 2 is 2.00 bits per heavy atom. The molecule has 0 saturated carbocycles. The van der Waals surface area contributed by atoms with Crippen LogP contribution >= 0.6 is 0 Å². The number of anilines is 1. The third-order valence-electron chi connectivity index (χ3n) is 4.36. The molecular weight excluding hydrogens is 306 g/mol. The molecule has 0 N–H and O–H groups in total. The minimum Gasteiger partial charge on any atom is -0.480 e. The van der Waals surface area contributed by atoms with Crippen LogP contribution in [0.1, 0.15) is 5.89 Å². The van der Waals surface area contributed by atoms with Gasteiger partial charge in [-0.25, -0.2) is 15.0 Å². The van der Waals surface area contributed by atoms with Crippen molar-refractivity contribution in [2.24, 2.45) is 0 Å². The van der Waals surface area contributed by atoms with Crippen LogP contribution in [0.2, 0.25) is 0 Å². The summed E-state index contributed by atoms with van der Waals surface area (Å²) in [5.41, 5.74) is 2.07. The number of ether oxygens (including phenoxy) is 1. The van der Waals surface area contributed by atoms with Gasteiger partial charge in [0.15, 0.2) is 0 Å². The summed E-state index contributed by atoms with van der Waals surface area (Å²) in [6.45, 7) is 4.64. The van der Waals surface area contributed by atoms with E-state index in [-0.39, 0.29) is 0 Å². The van der Waals surface area contributed by atoms with Gasteiger partial charge in [0.1, 0.15) is 12.6 Å². The highest BCUT2D eigenvalue weighted by atomic mass is 16.5. The number of oxazole rings is 1. The summed E-state index contributed by atoms with van der Waals surface area (Å²) in [6.07, 6.45) is 4.84. The highest BCUT2D eigenvalue weighted by Crippen LogP contribution is 2.27. The topological polar surface area (TPSA) is 67.5 Å². The molecule has 0 bridgehead atoms. The summed E-state index contributed by atoms with van der Waals surface area (Å²) < 4.78 is 10.7. The second-order valence-electron chi connectivity index (χ2n) is 5.77. The molecule has 1 aromatic carbocycles. The van der Waals surface area contributed by atoms with Crippen molar-refractivity contribution >= 4 is 16.6 Å². The normalized spacial score (nSPS) is 15.8. The number of piperazine rings is 1. The fraction of sp³-hybridized carbons (Fsp3) is 0.353. The highest BCUT2D eigenvalue weighted by molar-refractivity contribution is 5.86. The second kappa shape index (κ2) is 6.45. The molecule has 3 aromatic rings. The Kier molecular flexibility index (Phi) is 4.00. The number of fused-ring (bicyclic) bond motifs is 1.